The minimum absolute atomic E-state index is 0.0417. The molecule has 0 aromatic rings. The van der Waals surface area contributed by atoms with Crippen molar-refractivity contribution in [2.24, 2.45) is 16.3 Å². The van der Waals surface area contributed by atoms with Crippen LogP contribution in [0.2, 0.25) is 0 Å². The Morgan fingerprint density at radius 3 is 2.50 bits per heavy atom. The Kier molecular flexibility index (Phi) is 0.927. The van der Waals surface area contributed by atoms with Crippen LogP contribution >= 0.6 is 0 Å². The molecule has 0 spiro atoms. The standard InChI is InChI=1S/C5H10N2O/c1-5(2)3-8-7-4(5)6/h3H2,1-2H3,(H2,6,7). The molecule has 3 heteroatoms. The minimum atomic E-state index is -0.0417. The Bertz CT molecular complexity index is 128. The molecule has 0 aromatic carbocycles. The summed E-state index contributed by atoms with van der Waals surface area (Å²) in [5.74, 6) is 0.595. The maximum absolute atomic E-state index is 5.44. The number of hydrogen-bond donors (Lipinski definition) is 1. The first-order valence-electron chi connectivity index (χ1n) is 2.59. The van der Waals surface area contributed by atoms with E-state index in [-0.39, 0.29) is 5.41 Å². The molecular weight excluding hydrogens is 104 g/mol. The van der Waals surface area contributed by atoms with Crippen LogP contribution in [0.4, 0.5) is 0 Å². The smallest absolute Gasteiger partial charge is 0.148 e. The number of rotatable bonds is 0. The second kappa shape index (κ2) is 1.37. The van der Waals surface area contributed by atoms with E-state index in [0.717, 1.165) is 0 Å². The van der Waals surface area contributed by atoms with E-state index in [2.05, 4.69) is 5.16 Å². The van der Waals surface area contributed by atoms with Crippen LogP contribution in [-0.2, 0) is 4.84 Å². The molecular formula is C5H10N2O. The third kappa shape index (κ3) is 0.638. The van der Waals surface area contributed by atoms with Crippen LogP contribution in [0.1, 0.15) is 13.8 Å². The summed E-state index contributed by atoms with van der Waals surface area (Å²) in [7, 11) is 0. The predicted molar refractivity (Wildman–Crippen MR) is 31.4 cm³/mol. The van der Waals surface area contributed by atoms with Crippen molar-refractivity contribution in [3.63, 3.8) is 0 Å². The quantitative estimate of drug-likeness (QED) is 0.493. The maximum atomic E-state index is 5.44. The largest absolute Gasteiger partial charge is 0.393 e. The van der Waals surface area contributed by atoms with Crippen molar-refractivity contribution in [1.29, 1.82) is 0 Å². The summed E-state index contributed by atoms with van der Waals surface area (Å²) in [4.78, 5) is 4.73. The summed E-state index contributed by atoms with van der Waals surface area (Å²) >= 11 is 0. The SMILES string of the molecule is CC1(C)CON=C1N. The van der Waals surface area contributed by atoms with Gasteiger partial charge in [0.1, 0.15) is 12.4 Å². The molecule has 46 valence electrons. The summed E-state index contributed by atoms with van der Waals surface area (Å²) in [5, 5.41) is 3.58. The van der Waals surface area contributed by atoms with Crippen molar-refractivity contribution in [3.05, 3.63) is 0 Å². The van der Waals surface area contributed by atoms with Gasteiger partial charge in [0.15, 0.2) is 0 Å². The Hall–Kier alpha value is -0.730. The molecule has 1 aliphatic heterocycles. The Labute approximate surface area is 48.5 Å². The molecule has 1 aliphatic rings. The summed E-state index contributed by atoms with van der Waals surface area (Å²) < 4.78 is 0. The predicted octanol–water partition coefficient (Wildman–Crippen LogP) is 0.315. The third-order valence-electron chi connectivity index (χ3n) is 1.28. The zero-order valence-electron chi connectivity index (χ0n) is 5.14. The average molecular weight is 114 g/mol. The van der Waals surface area contributed by atoms with Crippen LogP contribution in [0.25, 0.3) is 0 Å². The van der Waals surface area contributed by atoms with E-state index in [1.807, 2.05) is 13.8 Å². The molecule has 0 aromatic heterocycles. The van der Waals surface area contributed by atoms with Gasteiger partial charge in [0.05, 0.1) is 5.41 Å². The lowest BCUT2D eigenvalue weighted by Gasteiger charge is -2.11. The van der Waals surface area contributed by atoms with Gasteiger partial charge in [-0.05, 0) is 13.8 Å². The van der Waals surface area contributed by atoms with Gasteiger partial charge in [0.25, 0.3) is 0 Å². The molecule has 1 heterocycles. The van der Waals surface area contributed by atoms with E-state index in [1.54, 1.807) is 0 Å². The van der Waals surface area contributed by atoms with Gasteiger partial charge in [-0.3, -0.25) is 0 Å². The normalized spacial score (nSPS) is 24.5. The molecule has 1 rings (SSSR count). The Morgan fingerprint density at radius 1 is 1.75 bits per heavy atom. The van der Waals surface area contributed by atoms with Gasteiger partial charge >= 0.3 is 0 Å². The number of nitrogens with two attached hydrogens (primary N) is 1. The second-order valence-corrected chi connectivity index (χ2v) is 2.63. The van der Waals surface area contributed by atoms with Gasteiger partial charge < -0.3 is 10.6 Å². The van der Waals surface area contributed by atoms with E-state index in [9.17, 15) is 0 Å². The number of nitrogens with zero attached hydrogens (tertiary/aromatic N) is 1. The molecule has 0 saturated carbocycles. The molecule has 0 fully saturated rings. The zero-order valence-corrected chi connectivity index (χ0v) is 5.14. The highest BCUT2D eigenvalue weighted by Crippen LogP contribution is 2.20. The summed E-state index contributed by atoms with van der Waals surface area (Å²) in [6.45, 7) is 4.61. The molecule has 2 N–H and O–H groups in total. The Morgan fingerprint density at radius 2 is 2.38 bits per heavy atom. The van der Waals surface area contributed by atoms with E-state index in [1.165, 1.54) is 0 Å². The lowest BCUT2D eigenvalue weighted by Crippen LogP contribution is -2.30. The molecule has 0 unspecified atom stereocenters. The van der Waals surface area contributed by atoms with Gasteiger partial charge in [0, 0.05) is 0 Å². The van der Waals surface area contributed by atoms with E-state index >= 15 is 0 Å². The first-order chi connectivity index (χ1) is 3.63. The van der Waals surface area contributed by atoms with Crippen LogP contribution in [0.5, 0.6) is 0 Å². The number of hydrogen-bond acceptors (Lipinski definition) is 3. The van der Waals surface area contributed by atoms with Gasteiger partial charge in [-0.15, -0.1) is 0 Å². The topological polar surface area (TPSA) is 47.6 Å². The van der Waals surface area contributed by atoms with Crippen molar-refractivity contribution < 1.29 is 4.84 Å². The molecule has 0 aliphatic carbocycles. The van der Waals surface area contributed by atoms with Gasteiger partial charge in [-0.1, -0.05) is 5.16 Å². The van der Waals surface area contributed by atoms with E-state index in [0.29, 0.717) is 12.4 Å². The fraction of sp³-hybridized carbons (Fsp3) is 0.800. The molecule has 0 saturated heterocycles. The minimum Gasteiger partial charge on any atom is -0.393 e. The monoisotopic (exact) mass is 114 g/mol. The van der Waals surface area contributed by atoms with Crippen molar-refractivity contribution >= 4 is 5.84 Å². The summed E-state index contributed by atoms with van der Waals surface area (Å²) in [5.41, 5.74) is 5.40. The third-order valence-corrected chi connectivity index (χ3v) is 1.28. The van der Waals surface area contributed by atoms with Crippen molar-refractivity contribution in [3.8, 4) is 0 Å². The van der Waals surface area contributed by atoms with Gasteiger partial charge in [-0.2, -0.15) is 0 Å². The number of oxime groups is 1. The van der Waals surface area contributed by atoms with Crippen LogP contribution in [0.3, 0.4) is 0 Å². The van der Waals surface area contributed by atoms with E-state index in [4.69, 9.17) is 10.6 Å². The van der Waals surface area contributed by atoms with Crippen molar-refractivity contribution in [2.45, 2.75) is 13.8 Å². The van der Waals surface area contributed by atoms with Crippen LogP contribution in [0, 0.1) is 5.41 Å². The van der Waals surface area contributed by atoms with E-state index < -0.39 is 0 Å². The molecule has 0 bridgehead atoms. The summed E-state index contributed by atoms with van der Waals surface area (Å²) in [6.07, 6.45) is 0. The molecule has 0 atom stereocenters. The first-order valence-corrected chi connectivity index (χ1v) is 2.59. The fourth-order valence-corrected chi connectivity index (χ4v) is 0.461. The van der Waals surface area contributed by atoms with Crippen molar-refractivity contribution in [1.82, 2.24) is 0 Å². The highest BCUT2D eigenvalue weighted by atomic mass is 16.6. The van der Waals surface area contributed by atoms with Crippen LogP contribution in [0.15, 0.2) is 5.16 Å². The lowest BCUT2D eigenvalue weighted by molar-refractivity contribution is 0.133. The fourth-order valence-electron chi connectivity index (χ4n) is 0.461. The van der Waals surface area contributed by atoms with Gasteiger partial charge in [-0.25, -0.2) is 0 Å². The maximum Gasteiger partial charge on any atom is 0.148 e. The molecule has 0 amide bonds. The van der Waals surface area contributed by atoms with Crippen LogP contribution < -0.4 is 5.73 Å². The molecule has 0 radical (unpaired) electrons. The average Bonchev–Trinajstić information content (AvgIpc) is 1.86. The lowest BCUT2D eigenvalue weighted by atomic mass is 9.95. The highest BCUT2D eigenvalue weighted by molar-refractivity contribution is 5.86. The second-order valence-electron chi connectivity index (χ2n) is 2.63. The highest BCUT2D eigenvalue weighted by Gasteiger charge is 2.29. The zero-order chi connectivity index (χ0) is 6.20. The summed E-state index contributed by atoms with van der Waals surface area (Å²) in [6, 6.07) is 0. The molecule has 3 nitrogen and oxygen atoms in total. The van der Waals surface area contributed by atoms with Gasteiger partial charge in [0.2, 0.25) is 0 Å². The van der Waals surface area contributed by atoms with Crippen molar-refractivity contribution in [2.75, 3.05) is 6.61 Å². The number of amidine groups is 1. The van der Waals surface area contributed by atoms with Crippen LogP contribution in [-0.4, -0.2) is 12.4 Å². The first kappa shape index (κ1) is 5.41. The molecule has 8 heavy (non-hydrogen) atoms. The Balaban J connectivity index is 2.73.